The largest absolute Gasteiger partial charge is 0.384 e. The van der Waals surface area contributed by atoms with Crippen molar-refractivity contribution in [3.63, 3.8) is 0 Å². The normalized spacial score (nSPS) is 9.38. The van der Waals surface area contributed by atoms with Crippen molar-refractivity contribution in [1.29, 1.82) is 5.41 Å². The molecular weight excluding hydrogens is 200 g/mol. The van der Waals surface area contributed by atoms with Crippen LogP contribution in [-0.4, -0.2) is 12.9 Å². The van der Waals surface area contributed by atoms with Gasteiger partial charge in [0, 0.05) is 5.56 Å². The summed E-state index contributed by atoms with van der Waals surface area (Å²) in [6, 6.07) is 13.8. The van der Waals surface area contributed by atoms with Crippen molar-refractivity contribution in [2.75, 3.05) is 7.05 Å². The summed E-state index contributed by atoms with van der Waals surface area (Å²) in [6.45, 7) is 0. The lowest BCUT2D eigenvalue weighted by Gasteiger charge is -2.00. The molecule has 84 valence electrons. The third kappa shape index (κ3) is 3.05. The number of hydrogen-bond acceptors (Lipinski definition) is 3. The molecule has 4 nitrogen and oxygen atoms in total. The minimum atomic E-state index is 0.116. The number of hydrazine groups is 1. The molecule has 0 fully saturated rings. The summed E-state index contributed by atoms with van der Waals surface area (Å²) in [4.78, 5) is 0. The zero-order valence-corrected chi connectivity index (χ0v) is 9.20. The Morgan fingerprint density at radius 3 is 2.25 bits per heavy atom. The summed E-state index contributed by atoms with van der Waals surface area (Å²) in [5, 5.41) is 9.58. The van der Waals surface area contributed by atoms with Gasteiger partial charge in [-0.25, -0.2) is 0 Å². The van der Waals surface area contributed by atoms with Gasteiger partial charge < -0.3 is 5.73 Å². The first-order valence-corrected chi connectivity index (χ1v) is 4.89. The number of nitrogen functional groups attached to an aromatic ring is 1. The van der Waals surface area contributed by atoms with Gasteiger partial charge in [-0.05, 0) is 23.9 Å². The van der Waals surface area contributed by atoms with Crippen LogP contribution in [-0.2, 0) is 0 Å². The molecule has 0 aliphatic heterocycles. The van der Waals surface area contributed by atoms with E-state index < -0.39 is 0 Å². The molecule has 0 amide bonds. The summed E-state index contributed by atoms with van der Waals surface area (Å²) in [6.07, 6.45) is 0. The molecule has 0 aliphatic rings. The fraction of sp³-hybridized carbons (Fsp3) is 0.0833. The van der Waals surface area contributed by atoms with Crippen LogP contribution in [0.15, 0.2) is 42.5 Å². The van der Waals surface area contributed by atoms with Crippen molar-refractivity contribution in [2.45, 2.75) is 0 Å². The van der Waals surface area contributed by atoms with Crippen molar-refractivity contribution in [3.8, 4) is 0 Å². The SMILES string of the molecule is CNN.N=C(N)c1ccc2ccccc2c1. The summed E-state index contributed by atoms with van der Waals surface area (Å²) >= 11 is 0. The zero-order valence-electron chi connectivity index (χ0n) is 9.20. The van der Waals surface area contributed by atoms with Crippen LogP contribution >= 0.6 is 0 Å². The number of nitrogens with two attached hydrogens (primary N) is 2. The first kappa shape index (κ1) is 12.2. The lowest BCUT2D eigenvalue weighted by molar-refractivity contribution is 0.900. The second-order valence-electron chi connectivity index (χ2n) is 3.26. The first-order chi connectivity index (χ1) is 7.69. The smallest absolute Gasteiger partial charge is 0.122 e. The topological polar surface area (TPSA) is 87.9 Å². The van der Waals surface area contributed by atoms with Gasteiger partial charge in [0.1, 0.15) is 5.84 Å². The minimum Gasteiger partial charge on any atom is -0.384 e. The molecular formula is C12H16N4. The third-order valence-electron chi connectivity index (χ3n) is 2.06. The zero-order chi connectivity index (χ0) is 12.0. The second-order valence-corrected chi connectivity index (χ2v) is 3.26. The molecule has 0 saturated carbocycles. The van der Waals surface area contributed by atoms with Gasteiger partial charge in [-0.1, -0.05) is 36.4 Å². The van der Waals surface area contributed by atoms with Gasteiger partial charge in [0.2, 0.25) is 0 Å². The lowest BCUT2D eigenvalue weighted by Crippen LogP contribution is -2.13. The summed E-state index contributed by atoms with van der Waals surface area (Å²) in [5.41, 5.74) is 8.41. The Morgan fingerprint density at radius 2 is 1.69 bits per heavy atom. The van der Waals surface area contributed by atoms with Gasteiger partial charge in [0.25, 0.3) is 0 Å². The molecule has 0 aromatic heterocycles. The monoisotopic (exact) mass is 216 g/mol. The van der Waals surface area contributed by atoms with Crippen molar-refractivity contribution >= 4 is 16.6 Å². The highest BCUT2D eigenvalue weighted by atomic mass is 15.2. The molecule has 0 unspecified atom stereocenters. The van der Waals surface area contributed by atoms with Gasteiger partial charge in [0.05, 0.1) is 0 Å². The third-order valence-corrected chi connectivity index (χ3v) is 2.06. The average molecular weight is 216 g/mol. The molecule has 0 spiro atoms. The minimum absolute atomic E-state index is 0.116. The lowest BCUT2D eigenvalue weighted by atomic mass is 10.1. The number of rotatable bonds is 1. The van der Waals surface area contributed by atoms with Crippen molar-refractivity contribution in [2.24, 2.45) is 11.6 Å². The van der Waals surface area contributed by atoms with Crippen molar-refractivity contribution < 1.29 is 0 Å². The van der Waals surface area contributed by atoms with E-state index >= 15 is 0 Å². The highest BCUT2D eigenvalue weighted by Gasteiger charge is 1.97. The van der Waals surface area contributed by atoms with Gasteiger partial charge in [0.15, 0.2) is 0 Å². The maximum atomic E-state index is 7.29. The van der Waals surface area contributed by atoms with E-state index in [4.69, 9.17) is 11.1 Å². The summed E-state index contributed by atoms with van der Waals surface area (Å²) in [5.74, 6) is 4.71. The maximum Gasteiger partial charge on any atom is 0.122 e. The van der Waals surface area contributed by atoms with Crippen LogP contribution in [0.3, 0.4) is 0 Å². The fourth-order valence-electron chi connectivity index (χ4n) is 1.36. The molecule has 0 radical (unpaired) electrons. The van der Waals surface area contributed by atoms with Gasteiger partial charge >= 0.3 is 0 Å². The number of nitrogens with one attached hydrogen (secondary N) is 2. The van der Waals surface area contributed by atoms with Crippen LogP contribution in [0.5, 0.6) is 0 Å². The predicted octanol–water partition coefficient (Wildman–Crippen LogP) is 1.20. The Bertz CT molecular complexity index is 479. The van der Waals surface area contributed by atoms with Crippen LogP contribution in [0.1, 0.15) is 5.56 Å². The molecule has 16 heavy (non-hydrogen) atoms. The summed E-state index contributed by atoms with van der Waals surface area (Å²) < 4.78 is 0. The molecule has 0 atom stereocenters. The van der Waals surface area contributed by atoms with E-state index in [0.717, 1.165) is 10.9 Å². The highest BCUT2D eigenvalue weighted by Crippen LogP contribution is 2.14. The van der Waals surface area contributed by atoms with E-state index in [-0.39, 0.29) is 5.84 Å². The Hall–Kier alpha value is -1.91. The maximum absolute atomic E-state index is 7.29. The van der Waals surface area contributed by atoms with Crippen LogP contribution in [0.2, 0.25) is 0 Å². The van der Waals surface area contributed by atoms with E-state index in [1.165, 1.54) is 5.39 Å². The standard InChI is InChI=1S/C11H10N2.CH6N2/c12-11(13)10-6-5-8-3-1-2-4-9(8)7-10;1-3-2/h1-7H,(H3,12,13);3H,2H2,1H3. The number of benzene rings is 2. The highest BCUT2D eigenvalue weighted by molar-refractivity contribution is 5.99. The van der Waals surface area contributed by atoms with Gasteiger partial charge in [-0.15, -0.1) is 0 Å². The first-order valence-electron chi connectivity index (χ1n) is 4.89. The quantitative estimate of drug-likeness (QED) is 0.250. The van der Waals surface area contributed by atoms with E-state index in [1.807, 2.05) is 42.5 Å². The molecule has 0 bridgehead atoms. The molecule has 4 heteroatoms. The van der Waals surface area contributed by atoms with E-state index in [2.05, 4.69) is 11.3 Å². The molecule has 0 saturated heterocycles. The Morgan fingerprint density at radius 1 is 1.12 bits per heavy atom. The molecule has 2 rings (SSSR count). The Labute approximate surface area is 94.7 Å². The van der Waals surface area contributed by atoms with E-state index in [1.54, 1.807) is 7.05 Å². The average Bonchev–Trinajstić information content (AvgIpc) is 2.29. The number of amidine groups is 1. The van der Waals surface area contributed by atoms with Crippen molar-refractivity contribution in [1.82, 2.24) is 5.43 Å². The van der Waals surface area contributed by atoms with Crippen molar-refractivity contribution in [3.05, 3.63) is 48.0 Å². The molecule has 2 aromatic rings. The molecule has 6 N–H and O–H groups in total. The number of hydrogen-bond donors (Lipinski definition) is 4. The van der Waals surface area contributed by atoms with Gasteiger partial charge in [-0.2, -0.15) is 0 Å². The Balaban J connectivity index is 0.000000386. The summed E-state index contributed by atoms with van der Waals surface area (Å²) in [7, 11) is 1.65. The molecule has 2 aromatic carbocycles. The van der Waals surface area contributed by atoms with Gasteiger partial charge in [-0.3, -0.25) is 16.7 Å². The van der Waals surface area contributed by atoms with Crippen LogP contribution in [0, 0.1) is 5.41 Å². The second kappa shape index (κ2) is 5.85. The molecule has 0 aliphatic carbocycles. The molecule has 0 heterocycles. The fourth-order valence-corrected chi connectivity index (χ4v) is 1.36. The predicted molar refractivity (Wildman–Crippen MR) is 68.2 cm³/mol. The Kier molecular flexibility index (Phi) is 4.44. The van der Waals surface area contributed by atoms with E-state index in [9.17, 15) is 0 Å². The van der Waals surface area contributed by atoms with E-state index in [0.29, 0.717) is 0 Å². The van der Waals surface area contributed by atoms with Crippen LogP contribution < -0.4 is 17.0 Å². The number of fused-ring (bicyclic) bond motifs is 1. The van der Waals surface area contributed by atoms with Crippen LogP contribution in [0.25, 0.3) is 10.8 Å². The van der Waals surface area contributed by atoms with Crippen LogP contribution in [0.4, 0.5) is 0 Å².